The monoisotopic (exact) mass is 383 g/mol. The Balaban J connectivity index is 1.98. The van der Waals surface area contributed by atoms with Gasteiger partial charge in [0.05, 0.1) is 24.9 Å². The fourth-order valence-electron chi connectivity index (χ4n) is 2.93. The number of sulfonamides is 1. The summed E-state index contributed by atoms with van der Waals surface area (Å²) in [5, 5.41) is 3.30. The van der Waals surface area contributed by atoms with Crippen LogP contribution in [-0.4, -0.2) is 64.4 Å². The van der Waals surface area contributed by atoms with Crippen LogP contribution in [0.25, 0.3) is 0 Å². The highest BCUT2D eigenvalue weighted by molar-refractivity contribution is 7.89. The number of amides is 1. The van der Waals surface area contributed by atoms with E-state index in [0.717, 1.165) is 12.0 Å². The Morgan fingerprint density at radius 3 is 2.69 bits per heavy atom. The first kappa shape index (κ1) is 20.8. The van der Waals surface area contributed by atoms with Crippen molar-refractivity contribution in [3.63, 3.8) is 0 Å². The van der Waals surface area contributed by atoms with Gasteiger partial charge in [-0.3, -0.25) is 4.79 Å². The first-order chi connectivity index (χ1) is 12.5. The van der Waals surface area contributed by atoms with Crippen molar-refractivity contribution in [1.82, 2.24) is 14.9 Å². The molecule has 2 N–H and O–H groups in total. The highest BCUT2D eigenvalue weighted by Gasteiger charge is 2.28. The van der Waals surface area contributed by atoms with Crippen LogP contribution in [0, 0.1) is 0 Å². The maximum absolute atomic E-state index is 12.6. The largest absolute Gasteiger partial charge is 0.381 e. The Kier molecular flexibility index (Phi) is 8.02. The van der Waals surface area contributed by atoms with E-state index in [-0.39, 0.29) is 30.9 Å². The minimum absolute atomic E-state index is 0.0879. The summed E-state index contributed by atoms with van der Waals surface area (Å²) < 4.78 is 31.3. The number of ether oxygens (including phenoxy) is 1. The fourth-order valence-corrected chi connectivity index (χ4v) is 3.76. The molecular formula is C18H29N3O4S. The van der Waals surface area contributed by atoms with E-state index >= 15 is 0 Å². The van der Waals surface area contributed by atoms with Crippen LogP contribution in [0.3, 0.4) is 0 Å². The summed E-state index contributed by atoms with van der Waals surface area (Å²) in [6.07, 6.45) is 0.968. The van der Waals surface area contributed by atoms with Crippen LogP contribution in [0.1, 0.15) is 31.0 Å². The highest BCUT2D eigenvalue weighted by atomic mass is 32.2. The zero-order valence-electron chi connectivity index (χ0n) is 15.5. The molecule has 1 atom stereocenters. The molecule has 7 nitrogen and oxygen atoms in total. The first-order valence-electron chi connectivity index (χ1n) is 9.11. The number of hydrogen-bond acceptors (Lipinski definition) is 5. The Morgan fingerprint density at radius 2 is 2.04 bits per heavy atom. The molecule has 1 fully saturated rings. The van der Waals surface area contributed by atoms with Gasteiger partial charge in [0.25, 0.3) is 0 Å². The molecular weight excluding hydrogens is 354 g/mol. The molecule has 1 saturated heterocycles. The molecule has 1 heterocycles. The number of nitrogens with zero attached hydrogens (tertiary/aromatic N) is 1. The van der Waals surface area contributed by atoms with Gasteiger partial charge in [-0.15, -0.1) is 0 Å². The predicted octanol–water partition coefficient (Wildman–Crippen LogP) is 0.678. The van der Waals surface area contributed by atoms with Gasteiger partial charge in [-0.05, 0) is 24.5 Å². The summed E-state index contributed by atoms with van der Waals surface area (Å²) in [6, 6.07) is 8.15. The molecule has 0 radical (unpaired) electrons. The molecule has 2 rings (SSSR count). The van der Waals surface area contributed by atoms with Gasteiger partial charge >= 0.3 is 0 Å². The molecule has 1 aromatic carbocycles. The van der Waals surface area contributed by atoms with Crippen LogP contribution in [0.4, 0.5) is 0 Å². The molecule has 8 heteroatoms. The molecule has 0 aromatic heterocycles. The van der Waals surface area contributed by atoms with E-state index < -0.39 is 10.0 Å². The maximum atomic E-state index is 12.6. The van der Waals surface area contributed by atoms with Gasteiger partial charge in [0.2, 0.25) is 15.9 Å². The van der Waals surface area contributed by atoms with Crippen LogP contribution in [0.2, 0.25) is 0 Å². The van der Waals surface area contributed by atoms with Gasteiger partial charge in [0.1, 0.15) is 0 Å². The quantitative estimate of drug-likeness (QED) is 0.612. The highest BCUT2D eigenvalue weighted by Crippen LogP contribution is 2.22. The van der Waals surface area contributed by atoms with E-state index in [9.17, 15) is 13.2 Å². The van der Waals surface area contributed by atoms with Gasteiger partial charge in [-0.2, -0.15) is 0 Å². The number of hydrogen-bond donors (Lipinski definition) is 2. The second-order valence-electron chi connectivity index (χ2n) is 6.24. The van der Waals surface area contributed by atoms with Gasteiger partial charge in [-0.25, -0.2) is 13.1 Å². The third-order valence-corrected chi connectivity index (χ3v) is 5.77. The zero-order chi connectivity index (χ0) is 19.0. The molecule has 146 valence electrons. The maximum Gasteiger partial charge on any atom is 0.238 e. The first-order valence-corrected chi connectivity index (χ1v) is 10.8. The normalized spacial score (nSPS) is 18.1. The van der Waals surface area contributed by atoms with Crippen LogP contribution in [0.15, 0.2) is 24.3 Å². The number of carbonyl (C=O) groups is 1. The fraction of sp³-hybridized carbons (Fsp3) is 0.611. The zero-order valence-corrected chi connectivity index (χ0v) is 16.3. The number of benzene rings is 1. The van der Waals surface area contributed by atoms with Crippen molar-refractivity contribution in [3.05, 3.63) is 35.4 Å². The van der Waals surface area contributed by atoms with Gasteiger partial charge in [0.15, 0.2) is 0 Å². The standard InChI is InChI=1S/C18H29N3O4S/c1-3-15-5-7-16(8-6-15)17-13-19-9-10-21(17)18(22)14-20-26(23,24)12-11-25-4-2/h5-8,17,19-20H,3-4,9-14H2,1-2H3. The van der Waals surface area contributed by atoms with E-state index in [0.29, 0.717) is 26.2 Å². The Bertz CT molecular complexity index is 676. The molecule has 1 aliphatic heterocycles. The lowest BCUT2D eigenvalue weighted by molar-refractivity contribution is -0.133. The molecule has 1 unspecified atom stereocenters. The molecule has 26 heavy (non-hydrogen) atoms. The lowest BCUT2D eigenvalue weighted by atomic mass is 10.0. The number of piperazine rings is 1. The van der Waals surface area contributed by atoms with Gasteiger partial charge in [0, 0.05) is 26.2 Å². The third-order valence-electron chi connectivity index (χ3n) is 4.48. The second kappa shape index (κ2) is 10.0. The molecule has 1 amide bonds. The number of carbonyl (C=O) groups excluding carboxylic acids is 1. The number of aryl methyl sites for hydroxylation is 1. The predicted molar refractivity (Wildman–Crippen MR) is 101 cm³/mol. The summed E-state index contributed by atoms with van der Waals surface area (Å²) in [7, 11) is -3.52. The SMILES string of the molecule is CCOCCS(=O)(=O)NCC(=O)N1CCNCC1c1ccc(CC)cc1. The minimum atomic E-state index is -3.52. The van der Waals surface area contributed by atoms with Crippen LogP contribution in [0.5, 0.6) is 0 Å². The third kappa shape index (κ3) is 6.05. The summed E-state index contributed by atoms with van der Waals surface area (Å²) in [6.45, 7) is 6.19. The minimum Gasteiger partial charge on any atom is -0.381 e. The van der Waals surface area contributed by atoms with E-state index in [1.54, 1.807) is 11.8 Å². The Morgan fingerprint density at radius 1 is 1.31 bits per heavy atom. The van der Waals surface area contributed by atoms with Crippen molar-refractivity contribution in [3.8, 4) is 0 Å². The molecule has 0 spiro atoms. The van der Waals surface area contributed by atoms with E-state index in [1.165, 1.54) is 5.56 Å². The Hall–Kier alpha value is -1.48. The molecule has 1 aromatic rings. The molecule has 0 aliphatic carbocycles. The van der Waals surface area contributed by atoms with Crippen LogP contribution < -0.4 is 10.0 Å². The van der Waals surface area contributed by atoms with Crippen LogP contribution in [-0.2, 0) is 26.0 Å². The summed E-state index contributed by atoms with van der Waals surface area (Å²) >= 11 is 0. The summed E-state index contributed by atoms with van der Waals surface area (Å²) in [4.78, 5) is 14.4. The lowest BCUT2D eigenvalue weighted by Crippen LogP contribution is -2.51. The van der Waals surface area contributed by atoms with Gasteiger partial charge in [-0.1, -0.05) is 31.2 Å². The van der Waals surface area contributed by atoms with Crippen molar-refractivity contribution in [1.29, 1.82) is 0 Å². The number of rotatable bonds is 9. The second-order valence-corrected chi connectivity index (χ2v) is 8.17. The molecule has 0 saturated carbocycles. The summed E-state index contributed by atoms with van der Waals surface area (Å²) in [5.41, 5.74) is 2.31. The number of nitrogens with one attached hydrogen (secondary N) is 2. The smallest absolute Gasteiger partial charge is 0.238 e. The van der Waals surface area contributed by atoms with Crippen molar-refractivity contribution in [2.75, 3.05) is 45.1 Å². The van der Waals surface area contributed by atoms with Crippen molar-refractivity contribution >= 4 is 15.9 Å². The average molecular weight is 384 g/mol. The lowest BCUT2D eigenvalue weighted by Gasteiger charge is -2.36. The summed E-state index contributed by atoms with van der Waals surface area (Å²) in [5.74, 6) is -0.353. The van der Waals surface area contributed by atoms with Gasteiger partial charge < -0.3 is 15.0 Å². The average Bonchev–Trinajstić information content (AvgIpc) is 2.66. The molecule has 1 aliphatic rings. The molecule has 0 bridgehead atoms. The Labute approximate surface area is 156 Å². The van der Waals surface area contributed by atoms with Crippen molar-refractivity contribution in [2.24, 2.45) is 0 Å². The van der Waals surface area contributed by atoms with Crippen molar-refractivity contribution in [2.45, 2.75) is 26.3 Å². The van der Waals surface area contributed by atoms with E-state index in [2.05, 4.69) is 29.1 Å². The van der Waals surface area contributed by atoms with E-state index in [1.807, 2.05) is 12.1 Å². The topological polar surface area (TPSA) is 87.7 Å². The van der Waals surface area contributed by atoms with E-state index in [4.69, 9.17) is 4.74 Å². The van der Waals surface area contributed by atoms with Crippen LogP contribution >= 0.6 is 0 Å². The van der Waals surface area contributed by atoms with Crippen molar-refractivity contribution < 1.29 is 17.9 Å².